The van der Waals surface area contributed by atoms with Crippen LogP contribution >= 0.6 is 11.3 Å². The van der Waals surface area contributed by atoms with Gasteiger partial charge in [0.25, 0.3) is 5.91 Å². The molecule has 1 heterocycles. The largest absolute Gasteiger partial charge is 0.382 e. The van der Waals surface area contributed by atoms with Crippen LogP contribution < -0.4 is 16.4 Å². The van der Waals surface area contributed by atoms with E-state index >= 15 is 0 Å². The molecule has 1 aromatic heterocycles. The maximum Gasteiger partial charge on any atom is 0.265 e. The Hall–Kier alpha value is -1.83. The first-order chi connectivity index (χ1) is 9.35. The third-order valence-corrected chi connectivity index (χ3v) is 3.57. The number of amides is 2. The standard InChI is InChI=1S/C12H21N5O2S/c1-5-17(4)8(18)6-14-11(19)9-10(13)16-12(20-9)15-7(2)3/h7H,5-6,13H2,1-4H3,(H,14,19)(H,15,16). The van der Waals surface area contributed by atoms with Gasteiger partial charge in [0.15, 0.2) is 5.13 Å². The number of thiazole rings is 1. The summed E-state index contributed by atoms with van der Waals surface area (Å²) in [6.07, 6.45) is 0. The van der Waals surface area contributed by atoms with E-state index in [-0.39, 0.29) is 30.2 Å². The van der Waals surface area contributed by atoms with Crippen molar-refractivity contribution in [2.75, 3.05) is 31.2 Å². The highest BCUT2D eigenvalue weighted by Gasteiger charge is 2.17. The van der Waals surface area contributed by atoms with Gasteiger partial charge < -0.3 is 21.3 Å². The van der Waals surface area contributed by atoms with Crippen molar-refractivity contribution >= 4 is 34.1 Å². The SMILES string of the molecule is CCN(C)C(=O)CNC(=O)c1sc(NC(C)C)nc1N. The maximum absolute atomic E-state index is 12.0. The van der Waals surface area contributed by atoms with Gasteiger partial charge in [0.1, 0.15) is 10.7 Å². The molecule has 8 heteroatoms. The molecule has 0 aliphatic heterocycles. The van der Waals surface area contributed by atoms with Crippen molar-refractivity contribution < 1.29 is 9.59 Å². The molecule has 0 fully saturated rings. The molecule has 0 spiro atoms. The van der Waals surface area contributed by atoms with Crippen molar-refractivity contribution in [1.29, 1.82) is 0 Å². The van der Waals surface area contributed by atoms with E-state index in [0.717, 1.165) is 0 Å². The summed E-state index contributed by atoms with van der Waals surface area (Å²) in [5, 5.41) is 6.24. The summed E-state index contributed by atoms with van der Waals surface area (Å²) in [5.74, 6) is -0.355. The summed E-state index contributed by atoms with van der Waals surface area (Å²) in [7, 11) is 1.68. The molecule has 0 saturated heterocycles. The van der Waals surface area contributed by atoms with E-state index in [4.69, 9.17) is 5.73 Å². The number of anilines is 2. The normalized spacial score (nSPS) is 10.4. The lowest BCUT2D eigenvalue weighted by atomic mass is 10.4. The number of likely N-dealkylation sites (N-methyl/N-ethyl adjacent to an activating group) is 1. The Morgan fingerprint density at radius 1 is 1.45 bits per heavy atom. The van der Waals surface area contributed by atoms with Gasteiger partial charge in [0.05, 0.1) is 6.54 Å². The zero-order valence-electron chi connectivity index (χ0n) is 12.2. The van der Waals surface area contributed by atoms with E-state index in [1.165, 1.54) is 16.2 Å². The molecular weight excluding hydrogens is 278 g/mol. The Morgan fingerprint density at radius 2 is 2.10 bits per heavy atom. The van der Waals surface area contributed by atoms with Gasteiger partial charge in [0.2, 0.25) is 5.91 Å². The first-order valence-electron chi connectivity index (χ1n) is 6.40. The van der Waals surface area contributed by atoms with Gasteiger partial charge in [0, 0.05) is 19.6 Å². The van der Waals surface area contributed by atoms with Gasteiger partial charge >= 0.3 is 0 Å². The molecule has 2 amide bonds. The van der Waals surface area contributed by atoms with Crippen molar-refractivity contribution in [3.05, 3.63) is 4.88 Å². The number of rotatable bonds is 6. The average Bonchev–Trinajstić information content (AvgIpc) is 2.74. The Morgan fingerprint density at radius 3 is 2.65 bits per heavy atom. The summed E-state index contributed by atoms with van der Waals surface area (Å²) in [6, 6.07) is 0.205. The van der Waals surface area contributed by atoms with Crippen LogP contribution in [0.2, 0.25) is 0 Å². The van der Waals surface area contributed by atoms with Gasteiger partial charge in [-0.3, -0.25) is 9.59 Å². The molecule has 7 nitrogen and oxygen atoms in total. The highest BCUT2D eigenvalue weighted by molar-refractivity contribution is 7.18. The minimum Gasteiger partial charge on any atom is -0.382 e. The second-order valence-electron chi connectivity index (χ2n) is 4.62. The Kier molecular flexibility index (Phi) is 5.75. The zero-order valence-corrected chi connectivity index (χ0v) is 13.0. The third kappa shape index (κ3) is 4.37. The number of nitrogen functional groups attached to an aromatic ring is 1. The second kappa shape index (κ2) is 7.09. The van der Waals surface area contributed by atoms with Crippen molar-refractivity contribution in [3.63, 3.8) is 0 Å². The Balaban J connectivity index is 2.64. The number of hydrogen-bond donors (Lipinski definition) is 3. The summed E-state index contributed by atoms with van der Waals surface area (Å²) < 4.78 is 0. The minimum atomic E-state index is -0.380. The van der Waals surface area contributed by atoms with Gasteiger partial charge in [-0.15, -0.1) is 0 Å². The summed E-state index contributed by atoms with van der Waals surface area (Å²) in [4.78, 5) is 29.5. The molecule has 0 unspecified atom stereocenters. The molecule has 0 aliphatic rings. The van der Waals surface area contributed by atoms with Gasteiger partial charge in [-0.25, -0.2) is 4.98 Å². The number of carbonyl (C=O) groups is 2. The molecule has 1 aromatic rings. The van der Waals surface area contributed by atoms with Crippen LogP contribution in [0.1, 0.15) is 30.4 Å². The van der Waals surface area contributed by atoms with Crippen LogP contribution in [0.5, 0.6) is 0 Å². The first-order valence-corrected chi connectivity index (χ1v) is 7.21. The number of aromatic nitrogens is 1. The molecule has 20 heavy (non-hydrogen) atoms. The van der Waals surface area contributed by atoms with E-state index in [1.807, 2.05) is 20.8 Å². The highest BCUT2D eigenvalue weighted by atomic mass is 32.1. The van der Waals surface area contributed by atoms with E-state index < -0.39 is 0 Å². The lowest BCUT2D eigenvalue weighted by Gasteiger charge is -2.14. The van der Waals surface area contributed by atoms with Crippen LogP contribution in [-0.4, -0.2) is 47.9 Å². The molecule has 0 saturated carbocycles. The van der Waals surface area contributed by atoms with Crippen molar-refractivity contribution in [1.82, 2.24) is 15.2 Å². The lowest BCUT2D eigenvalue weighted by molar-refractivity contribution is -0.128. The molecule has 112 valence electrons. The molecule has 0 radical (unpaired) electrons. The third-order valence-electron chi connectivity index (χ3n) is 2.57. The minimum absolute atomic E-state index is 0.0482. The Labute approximate surface area is 122 Å². The van der Waals surface area contributed by atoms with Crippen LogP contribution in [0.15, 0.2) is 0 Å². The van der Waals surface area contributed by atoms with Crippen molar-refractivity contribution in [3.8, 4) is 0 Å². The quantitative estimate of drug-likeness (QED) is 0.720. The molecule has 0 bridgehead atoms. The molecule has 0 atom stereocenters. The first kappa shape index (κ1) is 16.2. The van der Waals surface area contributed by atoms with E-state index in [2.05, 4.69) is 15.6 Å². The summed E-state index contributed by atoms with van der Waals surface area (Å²) in [6.45, 7) is 6.35. The summed E-state index contributed by atoms with van der Waals surface area (Å²) >= 11 is 1.18. The summed E-state index contributed by atoms with van der Waals surface area (Å²) in [5.41, 5.74) is 5.71. The lowest BCUT2D eigenvalue weighted by Crippen LogP contribution is -2.37. The predicted octanol–water partition coefficient (Wildman–Crippen LogP) is 0.754. The molecule has 4 N–H and O–H groups in total. The molecule has 0 aromatic carbocycles. The van der Waals surface area contributed by atoms with Crippen LogP contribution in [0.4, 0.5) is 10.9 Å². The van der Waals surface area contributed by atoms with Crippen molar-refractivity contribution in [2.24, 2.45) is 0 Å². The molecule has 1 rings (SSSR count). The van der Waals surface area contributed by atoms with Crippen LogP contribution in [0.25, 0.3) is 0 Å². The number of nitrogens with one attached hydrogen (secondary N) is 2. The molecule has 0 aliphatic carbocycles. The average molecular weight is 299 g/mol. The zero-order chi connectivity index (χ0) is 15.3. The highest BCUT2D eigenvalue weighted by Crippen LogP contribution is 2.25. The van der Waals surface area contributed by atoms with Crippen LogP contribution in [0.3, 0.4) is 0 Å². The number of carbonyl (C=O) groups excluding carboxylic acids is 2. The fourth-order valence-electron chi connectivity index (χ4n) is 1.35. The van der Waals surface area contributed by atoms with Crippen LogP contribution in [0, 0.1) is 0 Å². The fourth-order valence-corrected chi connectivity index (χ4v) is 2.30. The van der Waals surface area contributed by atoms with Gasteiger partial charge in [-0.05, 0) is 20.8 Å². The smallest absolute Gasteiger partial charge is 0.265 e. The maximum atomic E-state index is 12.0. The monoisotopic (exact) mass is 299 g/mol. The second-order valence-corrected chi connectivity index (χ2v) is 5.62. The number of nitrogens with two attached hydrogens (primary N) is 1. The van der Waals surface area contributed by atoms with E-state index in [1.54, 1.807) is 7.05 Å². The number of hydrogen-bond acceptors (Lipinski definition) is 6. The van der Waals surface area contributed by atoms with E-state index in [9.17, 15) is 9.59 Å². The fraction of sp³-hybridized carbons (Fsp3) is 0.583. The predicted molar refractivity (Wildman–Crippen MR) is 80.9 cm³/mol. The van der Waals surface area contributed by atoms with Crippen LogP contribution in [-0.2, 0) is 4.79 Å². The number of nitrogens with zero attached hydrogens (tertiary/aromatic N) is 2. The van der Waals surface area contributed by atoms with Gasteiger partial charge in [-0.2, -0.15) is 0 Å². The van der Waals surface area contributed by atoms with Gasteiger partial charge in [-0.1, -0.05) is 11.3 Å². The molecular formula is C12H21N5O2S. The Bertz CT molecular complexity index is 486. The topological polar surface area (TPSA) is 100 Å². The van der Waals surface area contributed by atoms with Crippen molar-refractivity contribution in [2.45, 2.75) is 26.8 Å². The van der Waals surface area contributed by atoms with E-state index in [0.29, 0.717) is 16.6 Å².